The molecule has 2 N–H and O–H groups in total. The molecule has 17 heavy (non-hydrogen) atoms. The van der Waals surface area contributed by atoms with Crippen molar-refractivity contribution in [1.82, 2.24) is 4.90 Å². The van der Waals surface area contributed by atoms with Gasteiger partial charge in [0, 0.05) is 24.7 Å². The van der Waals surface area contributed by atoms with E-state index in [4.69, 9.17) is 10.5 Å². The highest BCUT2D eigenvalue weighted by Gasteiger charge is 2.25. The standard InChI is InChI=1S/C13H18N2O2/c1-10-7-13(16)15(9-10)5-6-17-12-4-2-3-11(14)8-12/h2-4,8,10H,5-7,9,14H2,1H3. The summed E-state index contributed by atoms with van der Waals surface area (Å²) in [5.74, 6) is 1.45. The number of hydrogen-bond acceptors (Lipinski definition) is 3. The van der Waals surface area contributed by atoms with Gasteiger partial charge in [0.1, 0.15) is 12.4 Å². The molecule has 1 saturated heterocycles. The van der Waals surface area contributed by atoms with Crippen molar-refractivity contribution in [3.05, 3.63) is 24.3 Å². The van der Waals surface area contributed by atoms with Crippen LogP contribution in [0.4, 0.5) is 5.69 Å². The zero-order chi connectivity index (χ0) is 12.3. The number of hydrogen-bond donors (Lipinski definition) is 1. The highest BCUT2D eigenvalue weighted by molar-refractivity contribution is 5.78. The minimum atomic E-state index is 0.230. The van der Waals surface area contributed by atoms with Crippen molar-refractivity contribution in [2.45, 2.75) is 13.3 Å². The first-order valence-corrected chi connectivity index (χ1v) is 5.91. The van der Waals surface area contributed by atoms with Gasteiger partial charge in [-0.2, -0.15) is 0 Å². The minimum absolute atomic E-state index is 0.230. The van der Waals surface area contributed by atoms with E-state index in [1.165, 1.54) is 0 Å². The number of nitrogen functional groups attached to an aromatic ring is 1. The van der Waals surface area contributed by atoms with E-state index in [9.17, 15) is 4.79 Å². The lowest BCUT2D eigenvalue weighted by Crippen LogP contribution is -2.29. The maximum atomic E-state index is 11.5. The molecule has 1 atom stereocenters. The van der Waals surface area contributed by atoms with Crippen LogP contribution in [0.1, 0.15) is 13.3 Å². The molecule has 1 unspecified atom stereocenters. The minimum Gasteiger partial charge on any atom is -0.492 e. The molecule has 1 fully saturated rings. The van der Waals surface area contributed by atoms with Crippen LogP contribution in [0.5, 0.6) is 5.75 Å². The third kappa shape index (κ3) is 3.12. The molecule has 92 valence electrons. The molecule has 0 aromatic heterocycles. The Morgan fingerprint density at radius 2 is 2.35 bits per heavy atom. The van der Waals surface area contributed by atoms with Gasteiger partial charge in [-0.1, -0.05) is 13.0 Å². The Balaban J connectivity index is 1.78. The van der Waals surface area contributed by atoms with Gasteiger partial charge in [0.25, 0.3) is 0 Å². The molecule has 2 rings (SSSR count). The Morgan fingerprint density at radius 1 is 1.53 bits per heavy atom. The van der Waals surface area contributed by atoms with Crippen LogP contribution in [-0.2, 0) is 4.79 Å². The van der Waals surface area contributed by atoms with E-state index in [-0.39, 0.29) is 5.91 Å². The van der Waals surface area contributed by atoms with Gasteiger partial charge in [0.15, 0.2) is 0 Å². The van der Waals surface area contributed by atoms with E-state index in [1.54, 1.807) is 6.07 Å². The number of likely N-dealkylation sites (tertiary alicyclic amines) is 1. The van der Waals surface area contributed by atoms with Gasteiger partial charge in [-0.05, 0) is 18.1 Å². The maximum Gasteiger partial charge on any atom is 0.223 e. The first-order valence-electron chi connectivity index (χ1n) is 5.91. The van der Waals surface area contributed by atoms with E-state index in [0.29, 0.717) is 31.2 Å². The van der Waals surface area contributed by atoms with Gasteiger partial charge in [0.2, 0.25) is 5.91 Å². The van der Waals surface area contributed by atoms with Gasteiger partial charge in [0.05, 0.1) is 6.54 Å². The third-order valence-corrected chi connectivity index (χ3v) is 2.90. The molecule has 4 nitrogen and oxygen atoms in total. The highest BCUT2D eigenvalue weighted by Crippen LogP contribution is 2.17. The molecular formula is C13H18N2O2. The topological polar surface area (TPSA) is 55.6 Å². The summed E-state index contributed by atoms with van der Waals surface area (Å²) < 4.78 is 5.56. The van der Waals surface area contributed by atoms with Gasteiger partial charge in [-0.3, -0.25) is 4.79 Å². The number of carbonyl (C=O) groups is 1. The van der Waals surface area contributed by atoms with E-state index in [1.807, 2.05) is 23.1 Å². The number of anilines is 1. The summed E-state index contributed by atoms with van der Waals surface area (Å²) in [4.78, 5) is 13.4. The first-order chi connectivity index (χ1) is 8.15. The number of amides is 1. The molecule has 1 aliphatic rings. The van der Waals surface area contributed by atoms with Crippen LogP contribution in [0.3, 0.4) is 0 Å². The number of ether oxygens (including phenoxy) is 1. The molecule has 0 aliphatic carbocycles. The summed E-state index contributed by atoms with van der Waals surface area (Å²) in [6, 6.07) is 7.32. The molecule has 1 heterocycles. The van der Waals surface area contributed by atoms with Crippen LogP contribution in [0, 0.1) is 5.92 Å². The smallest absolute Gasteiger partial charge is 0.223 e. The van der Waals surface area contributed by atoms with Crippen molar-refractivity contribution in [1.29, 1.82) is 0 Å². The molecule has 0 spiro atoms. The van der Waals surface area contributed by atoms with Crippen molar-refractivity contribution < 1.29 is 9.53 Å². The van der Waals surface area contributed by atoms with Crippen molar-refractivity contribution in [2.24, 2.45) is 5.92 Å². The Bertz CT molecular complexity index is 406. The first kappa shape index (κ1) is 11.8. The van der Waals surface area contributed by atoms with Crippen molar-refractivity contribution in [3.63, 3.8) is 0 Å². The largest absolute Gasteiger partial charge is 0.492 e. The van der Waals surface area contributed by atoms with Crippen LogP contribution in [-0.4, -0.2) is 30.5 Å². The predicted molar refractivity (Wildman–Crippen MR) is 66.7 cm³/mol. The van der Waals surface area contributed by atoms with Crippen molar-refractivity contribution in [2.75, 3.05) is 25.4 Å². The normalized spacial score (nSPS) is 19.7. The summed E-state index contributed by atoms with van der Waals surface area (Å²) in [5, 5.41) is 0. The number of rotatable bonds is 4. The number of nitrogens with zero attached hydrogens (tertiary/aromatic N) is 1. The van der Waals surface area contributed by atoms with E-state index < -0.39 is 0 Å². The van der Waals surface area contributed by atoms with Gasteiger partial charge in [-0.25, -0.2) is 0 Å². The lowest BCUT2D eigenvalue weighted by atomic mass is 10.2. The molecule has 1 aromatic rings. The fraction of sp³-hybridized carbons (Fsp3) is 0.462. The van der Waals surface area contributed by atoms with Crippen LogP contribution < -0.4 is 10.5 Å². The second-order valence-corrected chi connectivity index (χ2v) is 4.57. The average molecular weight is 234 g/mol. The summed E-state index contributed by atoms with van der Waals surface area (Å²) >= 11 is 0. The quantitative estimate of drug-likeness (QED) is 0.803. The molecule has 0 radical (unpaired) electrons. The zero-order valence-electron chi connectivity index (χ0n) is 10.1. The second-order valence-electron chi connectivity index (χ2n) is 4.57. The molecule has 0 bridgehead atoms. The Hall–Kier alpha value is -1.71. The number of carbonyl (C=O) groups excluding carboxylic acids is 1. The Labute approximate surface area is 101 Å². The van der Waals surface area contributed by atoms with E-state index >= 15 is 0 Å². The van der Waals surface area contributed by atoms with Crippen molar-refractivity contribution in [3.8, 4) is 5.75 Å². The lowest BCUT2D eigenvalue weighted by molar-refractivity contribution is -0.128. The Morgan fingerprint density at radius 3 is 3.00 bits per heavy atom. The lowest BCUT2D eigenvalue weighted by Gasteiger charge is -2.16. The zero-order valence-corrected chi connectivity index (χ0v) is 10.1. The van der Waals surface area contributed by atoms with Gasteiger partial charge >= 0.3 is 0 Å². The number of nitrogens with two attached hydrogens (primary N) is 1. The Kier molecular flexibility index (Phi) is 3.52. The molecule has 0 saturated carbocycles. The van der Waals surface area contributed by atoms with Crippen LogP contribution in [0.2, 0.25) is 0 Å². The molecule has 4 heteroatoms. The summed E-state index contributed by atoms with van der Waals surface area (Å²) in [7, 11) is 0. The second kappa shape index (κ2) is 5.08. The summed E-state index contributed by atoms with van der Waals surface area (Å²) in [6.45, 7) is 4.11. The summed E-state index contributed by atoms with van der Waals surface area (Å²) in [5.41, 5.74) is 6.34. The fourth-order valence-electron chi connectivity index (χ4n) is 2.06. The van der Waals surface area contributed by atoms with Crippen molar-refractivity contribution >= 4 is 11.6 Å². The molecular weight excluding hydrogens is 216 g/mol. The van der Waals surface area contributed by atoms with Crippen LogP contribution in [0.15, 0.2) is 24.3 Å². The maximum absolute atomic E-state index is 11.5. The summed E-state index contributed by atoms with van der Waals surface area (Å²) in [6.07, 6.45) is 0.665. The van der Waals surface area contributed by atoms with E-state index in [2.05, 4.69) is 6.92 Å². The monoisotopic (exact) mass is 234 g/mol. The molecule has 1 amide bonds. The molecule has 1 aliphatic heterocycles. The number of benzene rings is 1. The third-order valence-electron chi connectivity index (χ3n) is 2.90. The van der Waals surface area contributed by atoms with Crippen LogP contribution in [0.25, 0.3) is 0 Å². The van der Waals surface area contributed by atoms with E-state index in [0.717, 1.165) is 12.3 Å². The van der Waals surface area contributed by atoms with Gasteiger partial charge < -0.3 is 15.4 Å². The SMILES string of the molecule is CC1CC(=O)N(CCOc2cccc(N)c2)C1. The molecule has 1 aromatic carbocycles. The van der Waals surface area contributed by atoms with Gasteiger partial charge in [-0.15, -0.1) is 0 Å². The predicted octanol–water partition coefficient (Wildman–Crippen LogP) is 1.52. The highest BCUT2D eigenvalue weighted by atomic mass is 16.5. The fourth-order valence-corrected chi connectivity index (χ4v) is 2.06. The average Bonchev–Trinajstić information content (AvgIpc) is 2.58. The van der Waals surface area contributed by atoms with Crippen LogP contribution >= 0.6 is 0 Å².